The molecule has 0 unspecified atom stereocenters. The Balaban J connectivity index is 1.72. The van der Waals surface area contributed by atoms with Gasteiger partial charge in [0.05, 0.1) is 12.4 Å². The van der Waals surface area contributed by atoms with Crippen molar-refractivity contribution in [3.63, 3.8) is 0 Å². The molecule has 2 fully saturated rings. The molecule has 3 heterocycles. The van der Waals surface area contributed by atoms with Gasteiger partial charge in [-0.1, -0.05) is 27.7 Å². The third-order valence-electron chi connectivity index (χ3n) is 7.49. The summed E-state index contributed by atoms with van der Waals surface area (Å²) < 4.78 is 19.0. The molecule has 0 amide bonds. The van der Waals surface area contributed by atoms with Crippen LogP contribution in [-0.4, -0.2) is 90.8 Å². The number of imidazole rings is 1. The highest BCUT2D eigenvalue weighted by Crippen LogP contribution is 2.37. The first-order valence-electron chi connectivity index (χ1n) is 13.8. The van der Waals surface area contributed by atoms with Crippen molar-refractivity contribution in [3.8, 4) is 0 Å². The van der Waals surface area contributed by atoms with E-state index in [1.807, 2.05) is 0 Å². The molecule has 2 aromatic heterocycles. The van der Waals surface area contributed by atoms with Crippen LogP contribution >= 0.6 is 0 Å². The fraction of sp³-hybridized carbons (Fsp3) is 0.720. The second-order valence-electron chi connectivity index (χ2n) is 11.3. The average Bonchev–Trinajstić information content (AvgIpc) is 3.64. The van der Waals surface area contributed by atoms with Crippen molar-refractivity contribution in [2.75, 3.05) is 11.9 Å². The van der Waals surface area contributed by atoms with Crippen LogP contribution in [0.3, 0.4) is 0 Å². The third-order valence-corrected chi connectivity index (χ3v) is 7.49. The number of nitrogens with two attached hydrogens (primary N) is 2. The van der Waals surface area contributed by atoms with Crippen molar-refractivity contribution in [2.24, 2.45) is 23.3 Å². The fourth-order valence-corrected chi connectivity index (χ4v) is 4.86. The van der Waals surface area contributed by atoms with Crippen molar-refractivity contribution < 1.29 is 38.8 Å². The number of aromatic nitrogens is 4. The van der Waals surface area contributed by atoms with Gasteiger partial charge in [-0.3, -0.25) is 14.2 Å². The number of hydrogen-bond donors (Lipinski definition) is 4. The Morgan fingerprint density at radius 1 is 1.12 bits per heavy atom. The van der Waals surface area contributed by atoms with Gasteiger partial charge in [0, 0.05) is 6.04 Å². The Bertz CT molecular complexity index is 1270. The van der Waals surface area contributed by atoms with E-state index in [9.17, 15) is 24.8 Å². The highest BCUT2D eigenvalue weighted by atomic mass is 17.0. The zero-order valence-electron chi connectivity index (χ0n) is 23.9. The predicted octanol–water partition coefficient (Wildman–Crippen LogP) is 0.0475. The molecule has 2 aliphatic rings. The zero-order chi connectivity index (χ0) is 30.7. The van der Waals surface area contributed by atoms with Gasteiger partial charge in [0.25, 0.3) is 5.09 Å². The molecule has 1 saturated heterocycles. The lowest BCUT2D eigenvalue weighted by Crippen LogP contribution is -2.48. The molecule has 4 rings (SSSR count). The van der Waals surface area contributed by atoms with Gasteiger partial charge in [0.2, 0.25) is 0 Å². The summed E-state index contributed by atoms with van der Waals surface area (Å²) in [6.07, 6.45) is -0.881. The third kappa shape index (κ3) is 6.86. The molecule has 1 aliphatic carbocycles. The predicted molar refractivity (Wildman–Crippen MR) is 145 cm³/mol. The van der Waals surface area contributed by atoms with Crippen LogP contribution in [0.15, 0.2) is 12.7 Å². The molecule has 8 atom stereocenters. The zero-order valence-corrected chi connectivity index (χ0v) is 23.9. The number of anilines is 1. The molecule has 0 radical (unpaired) electrons. The van der Waals surface area contributed by atoms with Gasteiger partial charge in [-0.25, -0.2) is 15.0 Å². The van der Waals surface area contributed by atoms with Gasteiger partial charge < -0.3 is 40.9 Å². The van der Waals surface area contributed by atoms with E-state index in [4.69, 9.17) is 25.7 Å². The number of nitrogens with zero attached hydrogens (tertiary/aromatic N) is 5. The second-order valence-corrected chi connectivity index (χ2v) is 11.3. The summed E-state index contributed by atoms with van der Waals surface area (Å²) in [4.78, 5) is 54.7. The van der Waals surface area contributed by atoms with E-state index in [2.05, 4.69) is 25.1 Å². The summed E-state index contributed by atoms with van der Waals surface area (Å²) in [5.74, 6) is -1.77. The molecule has 232 valence electrons. The molecular formula is C25H38N8O9. The van der Waals surface area contributed by atoms with E-state index in [1.54, 1.807) is 27.7 Å². The minimum Gasteiger partial charge on any atom is -0.454 e. The average molecular weight is 595 g/mol. The van der Waals surface area contributed by atoms with Crippen LogP contribution in [0.5, 0.6) is 0 Å². The summed E-state index contributed by atoms with van der Waals surface area (Å²) in [7, 11) is 0. The Labute approximate surface area is 241 Å². The quantitative estimate of drug-likeness (QED) is 0.144. The van der Waals surface area contributed by atoms with Crippen molar-refractivity contribution in [2.45, 2.75) is 95.7 Å². The number of esters is 2. The van der Waals surface area contributed by atoms with Crippen molar-refractivity contribution in [3.05, 3.63) is 22.8 Å². The maximum Gasteiger partial charge on any atom is 0.323 e. The van der Waals surface area contributed by atoms with E-state index >= 15 is 0 Å². The smallest absolute Gasteiger partial charge is 0.323 e. The molecule has 17 heteroatoms. The van der Waals surface area contributed by atoms with Gasteiger partial charge in [0.1, 0.15) is 31.1 Å². The summed E-state index contributed by atoms with van der Waals surface area (Å²) in [5, 5.41) is 23.2. The summed E-state index contributed by atoms with van der Waals surface area (Å²) >= 11 is 0. The Kier molecular flexibility index (Phi) is 9.75. The molecule has 6 N–H and O–H groups in total. The SMILES string of the molecule is CC(C)[C@H](N)C(=O)O[C@@H]1[C@H](OC(=O)[C@@H](N)C(C)C)[C@@H](CO[N+](=O)[O-])O[C@H]1n1cnc2c(N[C@H]3CC[C@H](O)C3)ncnc21. The number of aliphatic hydroxyl groups excluding tert-OH is 1. The Hall–Kier alpha value is -3.67. The van der Waals surface area contributed by atoms with Gasteiger partial charge in [-0.05, 0) is 31.1 Å². The molecule has 2 aromatic rings. The number of ether oxygens (including phenoxy) is 3. The standard InChI is InChI=1S/C25H38N8O9/c1-11(2)16(26)24(35)41-19-15(8-39-33(37)38)40-23(20(19)42-25(36)17(27)12(3)4)32-10-30-18-21(28-9-29-22(18)32)31-13-5-6-14(34)7-13/h9-17,19-20,23,34H,5-8,26-27H2,1-4H3,(H,28,29,31)/t13-,14-,15+,16-,17-,19+,20+,23+/m0/s1. The van der Waals surface area contributed by atoms with Crippen LogP contribution in [0.25, 0.3) is 11.2 Å². The van der Waals surface area contributed by atoms with E-state index in [1.165, 1.54) is 17.2 Å². The molecule has 1 aliphatic heterocycles. The number of rotatable bonds is 12. The van der Waals surface area contributed by atoms with Gasteiger partial charge in [0.15, 0.2) is 35.4 Å². The number of hydrogen-bond acceptors (Lipinski definition) is 15. The Morgan fingerprint density at radius 3 is 2.33 bits per heavy atom. The van der Waals surface area contributed by atoms with E-state index < -0.39 is 66.4 Å². The highest BCUT2D eigenvalue weighted by Gasteiger charge is 2.52. The van der Waals surface area contributed by atoms with Gasteiger partial charge in [-0.15, -0.1) is 10.1 Å². The molecule has 0 spiro atoms. The lowest BCUT2D eigenvalue weighted by Gasteiger charge is -2.27. The summed E-state index contributed by atoms with van der Waals surface area (Å²) in [5.41, 5.74) is 12.7. The Morgan fingerprint density at radius 2 is 1.76 bits per heavy atom. The van der Waals surface area contributed by atoms with Crippen molar-refractivity contribution in [1.82, 2.24) is 19.5 Å². The normalized spacial score (nSPS) is 27.3. The molecule has 1 saturated carbocycles. The monoisotopic (exact) mass is 594 g/mol. The number of nitrogens with one attached hydrogen (secondary N) is 1. The van der Waals surface area contributed by atoms with Crippen LogP contribution in [0.4, 0.5) is 5.82 Å². The van der Waals surface area contributed by atoms with Crippen molar-refractivity contribution in [1.29, 1.82) is 0 Å². The second kappa shape index (κ2) is 13.1. The van der Waals surface area contributed by atoms with E-state index in [0.717, 1.165) is 6.42 Å². The maximum absolute atomic E-state index is 13.1. The molecule has 0 aromatic carbocycles. The fourth-order valence-electron chi connectivity index (χ4n) is 4.86. The molecule has 0 bridgehead atoms. The number of fused-ring (bicyclic) bond motifs is 1. The van der Waals surface area contributed by atoms with Crippen LogP contribution in [-0.2, 0) is 28.6 Å². The highest BCUT2D eigenvalue weighted by molar-refractivity contribution is 5.83. The van der Waals surface area contributed by atoms with Gasteiger partial charge >= 0.3 is 11.9 Å². The van der Waals surface area contributed by atoms with Crippen LogP contribution in [0, 0.1) is 22.0 Å². The first-order chi connectivity index (χ1) is 19.9. The number of carbonyl (C=O) groups is 2. The van der Waals surface area contributed by atoms with Crippen molar-refractivity contribution >= 4 is 28.9 Å². The lowest BCUT2D eigenvalue weighted by molar-refractivity contribution is -0.759. The van der Waals surface area contributed by atoms with Gasteiger partial charge in [-0.2, -0.15) is 0 Å². The minimum absolute atomic E-state index is 0.0187. The maximum atomic E-state index is 13.1. The molecule has 42 heavy (non-hydrogen) atoms. The first kappa shape index (κ1) is 31.3. The first-order valence-corrected chi connectivity index (χ1v) is 13.8. The topological polar surface area (TPSA) is 242 Å². The molecule has 17 nitrogen and oxygen atoms in total. The van der Waals surface area contributed by atoms with E-state index in [-0.39, 0.29) is 23.5 Å². The summed E-state index contributed by atoms with van der Waals surface area (Å²) in [6, 6.07) is -2.07. The van der Waals surface area contributed by atoms with Crippen LogP contribution in [0.1, 0.15) is 53.2 Å². The minimum atomic E-state index is -1.35. The van der Waals surface area contributed by atoms with E-state index in [0.29, 0.717) is 24.2 Å². The van der Waals surface area contributed by atoms with Crippen LogP contribution < -0.4 is 16.8 Å². The van der Waals surface area contributed by atoms with Crippen LogP contribution in [0.2, 0.25) is 0 Å². The lowest BCUT2D eigenvalue weighted by atomic mass is 10.0. The number of aliphatic hydroxyl groups is 1. The number of carbonyl (C=O) groups excluding carboxylic acids is 2. The molecular weight excluding hydrogens is 556 g/mol. The summed E-state index contributed by atoms with van der Waals surface area (Å²) in [6.45, 7) is 6.28. The largest absolute Gasteiger partial charge is 0.454 e.